The lowest BCUT2D eigenvalue weighted by molar-refractivity contribution is 0.102. The number of hydrogen-bond acceptors (Lipinski definition) is 2. The Kier molecular flexibility index (Phi) is 4.27. The zero-order valence-corrected chi connectivity index (χ0v) is 14.2. The lowest BCUT2D eigenvalue weighted by atomic mass is 10.1. The maximum Gasteiger partial charge on any atom is 0.319 e. The summed E-state index contributed by atoms with van der Waals surface area (Å²) in [5, 5.41) is 10.7. The fourth-order valence-electron chi connectivity index (χ4n) is 2.75. The number of rotatable bonds is 4. The second-order valence-corrected chi connectivity index (χ2v) is 6.47. The van der Waals surface area contributed by atoms with Crippen molar-refractivity contribution in [2.75, 3.05) is 10.6 Å². The lowest BCUT2D eigenvalue weighted by Crippen LogP contribution is -2.30. The van der Waals surface area contributed by atoms with Crippen LogP contribution in [0.5, 0.6) is 0 Å². The summed E-state index contributed by atoms with van der Waals surface area (Å²) < 4.78 is 0. The molecule has 3 amide bonds. The van der Waals surface area contributed by atoms with Crippen LogP contribution in [0, 0.1) is 0 Å². The number of fused-ring (bicyclic) bond motifs is 1. The Labute approximate surface area is 151 Å². The van der Waals surface area contributed by atoms with Gasteiger partial charge in [-0.1, -0.05) is 30.3 Å². The molecule has 0 saturated heterocycles. The van der Waals surface area contributed by atoms with E-state index in [4.69, 9.17) is 0 Å². The Bertz CT molecular complexity index is 962. The summed E-state index contributed by atoms with van der Waals surface area (Å²) >= 11 is 0. The fraction of sp³-hybridized carbons (Fsp3) is 0.143. The number of urea groups is 1. The number of nitrogens with one attached hydrogen (secondary N) is 3. The van der Waals surface area contributed by atoms with Crippen LogP contribution in [-0.4, -0.2) is 18.0 Å². The van der Waals surface area contributed by atoms with Crippen LogP contribution < -0.4 is 16.0 Å². The molecule has 0 spiro atoms. The van der Waals surface area contributed by atoms with E-state index in [1.807, 2.05) is 42.5 Å². The number of anilines is 2. The van der Waals surface area contributed by atoms with Crippen LogP contribution in [0.1, 0.15) is 23.2 Å². The highest BCUT2D eigenvalue weighted by atomic mass is 16.2. The van der Waals surface area contributed by atoms with Gasteiger partial charge in [-0.2, -0.15) is 0 Å². The highest BCUT2D eigenvalue weighted by Crippen LogP contribution is 2.20. The molecule has 0 aliphatic heterocycles. The molecular formula is C21H19N3O2. The molecule has 0 atom stereocenters. The minimum Gasteiger partial charge on any atom is -0.335 e. The van der Waals surface area contributed by atoms with Crippen molar-refractivity contribution < 1.29 is 9.59 Å². The topological polar surface area (TPSA) is 70.2 Å². The number of hydrogen-bond donors (Lipinski definition) is 3. The van der Waals surface area contributed by atoms with E-state index < -0.39 is 0 Å². The van der Waals surface area contributed by atoms with Crippen molar-refractivity contribution in [2.24, 2.45) is 0 Å². The van der Waals surface area contributed by atoms with Gasteiger partial charge < -0.3 is 16.0 Å². The predicted molar refractivity (Wildman–Crippen MR) is 104 cm³/mol. The number of carbonyl (C=O) groups is 2. The zero-order valence-electron chi connectivity index (χ0n) is 14.2. The number of carbonyl (C=O) groups excluding carboxylic acids is 2. The summed E-state index contributed by atoms with van der Waals surface area (Å²) in [5.74, 6) is -0.164. The van der Waals surface area contributed by atoms with Gasteiger partial charge in [0, 0.05) is 23.0 Å². The van der Waals surface area contributed by atoms with Gasteiger partial charge in [-0.05, 0) is 60.0 Å². The maximum atomic E-state index is 12.5. The van der Waals surface area contributed by atoms with Gasteiger partial charge in [0.25, 0.3) is 5.91 Å². The van der Waals surface area contributed by atoms with Gasteiger partial charge in [-0.25, -0.2) is 4.79 Å². The minimum atomic E-state index is -0.194. The Morgan fingerprint density at radius 2 is 1.42 bits per heavy atom. The van der Waals surface area contributed by atoms with Gasteiger partial charge in [-0.3, -0.25) is 4.79 Å². The molecule has 3 aromatic rings. The van der Waals surface area contributed by atoms with E-state index in [0.29, 0.717) is 23.0 Å². The molecule has 0 heterocycles. The predicted octanol–water partition coefficient (Wildman–Crippen LogP) is 4.38. The highest BCUT2D eigenvalue weighted by Gasteiger charge is 2.23. The van der Waals surface area contributed by atoms with Gasteiger partial charge in [0.2, 0.25) is 0 Å². The number of amides is 3. The van der Waals surface area contributed by atoms with E-state index in [1.165, 1.54) is 0 Å². The first kappa shape index (κ1) is 16.1. The van der Waals surface area contributed by atoms with E-state index in [-0.39, 0.29) is 11.9 Å². The molecule has 1 aliphatic rings. The van der Waals surface area contributed by atoms with E-state index >= 15 is 0 Å². The van der Waals surface area contributed by atoms with Gasteiger partial charge in [0.05, 0.1) is 0 Å². The molecule has 1 fully saturated rings. The molecule has 5 nitrogen and oxygen atoms in total. The smallest absolute Gasteiger partial charge is 0.319 e. The largest absolute Gasteiger partial charge is 0.335 e. The Balaban J connectivity index is 1.40. The first-order chi connectivity index (χ1) is 12.7. The molecular weight excluding hydrogens is 326 g/mol. The maximum absolute atomic E-state index is 12.5. The van der Waals surface area contributed by atoms with Crippen LogP contribution in [0.4, 0.5) is 16.2 Å². The molecule has 130 valence electrons. The van der Waals surface area contributed by atoms with Gasteiger partial charge in [-0.15, -0.1) is 0 Å². The quantitative estimate of drug-likeness (QED) is 0.657. The Morgan fingerprint density at radius 1 is 0.769 bits per heavy atom. The van der Waals surface area contributed by atoms with Crippen LogP contribution in [0.25, 0.3) is 10.8 Å². The Morgan fingerprint density at radius 3 is 2.12 bits per heavy atom. The third kappa shape index (κ3) is 3.83. The first-order valence-corrected chi connectivity index (χ1v) is 8.65. The molecule has 1 saturated carbocycles. The first-order valence-electron chi connectivity index (χ1n) is 8.65. The van der Waals surface area contributed by atoms with Crippen molar-refractivity contribution in [3.63, 3.8) is 0 Å². The molecule has 0 unspecified atom stereocenters. The van der Waals surface area contributed by atoms with Crippen molar-refractivity contribution in [1.29, 1.82) is 0 Å². The zero-order chi connectivity index (χ0) is 17.9. The van der Waals surface area contributed by atoms with Crippen molar-refractivity contribution in [2.45, 2.75) is 18.9 Å². The minimum absolute atomic E-state index is 0.164. The van der Waals surface area contributed by atoms with Gasteiger partial charge >= 0.3 is 6.03 Å². The second-order valence-electron chi connectivity index (χ2n) is 6.47. The fourth-order valence-corrected chi connectivity index (χ4v) is 2.75. The van der Waals surface area contributed by atoms with Crippen molar-refractivity contribution in [3.05, 3.63) is 72.3 Å². The summed E-state index contributed by atoms with van der Waals surface area (Å²) in [6.45, 7) is 0. The molecule has 5 heteroatoms. The monoisotopic (exact) mass is 345 g/mol. The van der Waals surface area contributed by atoms with Crippen molar-refractivity contribution in [1.82, 2.24) is 5.32 Å². The second kappa shape index (κ2) is 6.88. The van der Waals surface area contributed by atoms with E-state index in [0.717, 1.165) is 23.6 Å². The Hall–Kier alpha value is -3.34. The standard InChI is InChI=1S/C21H19N3O2/c25-20(16-6-5-14-3-1-2-4-15(14)13-16)22-17-7-9-18(10-8-17)23-21(26)24-19-11-12-19/h1-10,13,19H,11-12H2,(H,22,25)(H2,23,24,26). The van der Waals surface area contributed by atoms with E-state index in [2.05, 4.69) is 16.0 Å². The normalized spacial score (nSPS) is 13.2. The van der Waals surface area contributed by atoms with Crippen LogP contribution in [0.2, 0.25) is 0 Å². The molecule has 4 rings (SSSR count). The highest BCUT2D eigenvalue weighted by molar-refractivity contribution is 6.06. The van der Waals surface area contributed by atoms with Crippen LogP contribution in [-0.2, 0) is 0 Å². The van der Waals surface area contributed by atoms with Crippen LogP contribution in [0.3, 0.4) is 0 Å². The summed E-state index contributed by atoms with van der Waals surface area (Å²) in [6, 6.07) is 20.8. The summed E-state index contributed by atoms with van der Waals surface area (Å²) in [7, 11) is 0. The summed E-state index contributed by atoms with van der Waals surface area (Å²) in [6.07, 6.45) is 2.10. The average Bonchev–Trinajstić information content (AvgIpc) is 3.46. The molecule has 3 N–H and O–H groups in total. The lowest BCUT2D eigenvalue weighted by Gasteiger charge is -2.09. The van der Waals surface area contributed by atoms with Crippen molar-refractivity contribution in [3.8, 4) is 0 Å². The third-order valence-electron chi connectivity index (χ3n) is 4.32. The van der Waals surface area contributed by atoms with Crippen LogP contribution in [0.15, 0.2) is 66.7 Å². The molecule has 3 aromatic carbocycles. The molecule has 0 aromatic heterocycles. The molecule has 26 heavy (non-hydrogen) atoms. The molecule has 1 aliphatic carbocycles. The van der Waals surface area contributed by atoms with Crippen LogP contribution >= 0.6 is 0 Å². The third-order valence-corrected chi connectivity index (χ3v) is 4.32. The van der Waals surface area contributed by atoms with Crippen molar-refractivity contribution >= 4 is 34.1 Å². The van der Waals surface area contributed by atoms with E-state index in [9.17, 15) is 9.59 Å². The summed E-state index contributed by atoms with van der Waals surface area (Å²) in [5.41, 5.74) is 1.97. The van der Waals surface area contributed by atoms with E-state index in [1.54, 1.807) is 24.3 Å². The number of benzene rings is 3. The molecule has 0 radical (unpaired) electrons. The molecule has 0 bridgehead atoms. The van der Waals surface area contributed by atoms with Gasteiger partial charge in [0.15, 0.2) is 0 Å². The summed E-state index contributed by atoms with van der Waals surface area (Å²) in [4.78, 5) is 24.2. The average molecular weight is 345 g/mol. The van der Waals surface area contributed by atoms with Gasteiger partial charge in [0.1, 0.15) is 0 Å². The SMILES string of the molecule is O=C(Nc1ccc(NC(=O)c2ccc3ccccc3c2)cc1)NC1CC1.